The van der Waals surface area contributed by atoms with Gasteiger partial charge in [-0.25, -0.2) is 9.59 Å². The minimum absolute atomic E-state index is 0.143. The molecule has 1 saturated heterocycles. The second-order valence-corrected chi connectivity index (χ2v) is 10.9. The van der Waals surface area contributed by atoms with Crippen LogP contribution < -0.4 is 20.9 Å². The minimum Gasteiger partial charge on any atom is -0.477 e. The van der Waals surface area contributed by atoms with Gasteiger partial charge in [-0.3, -0.25) is 9.80 Å². The van der Waals surface area contributed by atoms with Crippen LogP contribution in [-0.4, -0.2) is 82.4 Å². The molecular weight excluding hydrogens is 516 g/mol. The molecule has 2 heterocycles. The SMILES string of the molecule is CC1=C(C(=O)O)N(c2cccc(NC(=S)NCCCN3CCN(C4CCCCC4)CC3)c2)C(C(=O)O)=C(C)N1. The average molecular weight is 557 g/mol. The summed E-state index contributed by atoms with van der Waals surface area (Å²) < 4.78 is 0. The maximum atomic E-state index is 12.0. The highest BCUT2D eigenvalue weighted by Gasteiger charge is 2.34. The van der Waals surface area contributed by atoms with Crippen LogP contribution >= 0.6 is 12.2 Å². The van der Waals surface area contributed by atoms with E-state index in [1.165, 1.54) is 37.0 Å². The lowest BCUT2D eigenvalue weighted by molar-refractivity contribution is -0.133. The Balaban J connectivity index is 1.28. The highest BCUT2D eigenvalue weighted by atomic mass is 32.1. The topological polar surface area (TPSA) is 120 Å². The Hall–Kier alpha value is -3.15. The molecule has 212 valence electrons. The van der Waals surface area contributed by atoms with Crippen LogP contribution in [0.5, 0.6) is 0 Å². The van der Waals surface area contributed by atoms with Crippen LogP contribution in [0.1, 0.15) is 52.4 Å². The predicted octanol–water partition coefficient (Wildman–Crippen LogP) is 3.36. The van der Waals surface area contributed by atoms with Gasteiger partial charge in [0.25, 0.3) is 0 Å². The van der Waals surface area contributed by atoms with Crippen molar-refractivity contribution in [3.05, 3.63) is 47.1 Å². The lowest BCUT2D eigenvalue weighted by atomic mass is 9.94. The second kappa shape index (κ2) is 13.3. The number of piperazine rings is 1. The van der Waals surface area contributed by atoms with Crippen LogP contribution in [-0.2, 0) is 9.59 Å². The summed E-state index contributed by atoms with van der Waals surface area (Å²) in [6.45, 7) is 9.55. The molecule has 0 unspecified atom stereocenters. The highest BCUT2D eigenvalue weighted by molar-refractivity contribution is 7.80. The van der Waals surface area contributed by atoms with Gasteiger partial charge in [0.15, 0.2) is 16.5 Å². The van der Waals surface area contributed by atoms with Crippen LogP contribution in [0.3, 0.4) is 0 Å². The van der Waals surface area contributed by atoms with Crippen LogP contribution in [0.15, 0.2) is 47.1 Å². The molecule has 3 aliphatic rings. The number of anilines is 2. The smallest absolute Gasteiger partial charge is 0.354 e. The zero-order valence-electron chi connectivity index (χ0n) is 22.8. The Bertz CT molecular complexity index is 1100. The van der Waals surface area contributed by atoms with Crippen LogP contribution in [0.25, 0.3) is 0 Å². The number of nitrogens with one attached hydrogen (secondary N) is 3. The molecule has 1 saturated carbocycles. The molecule has 11 heteroatoms. The minimum atomic E-state index is -1.22. The van der Waals surface area contributed by atoms with E-state index in [-0.39, 0.29) is 11.4 Å². The van der Waals surface area contributed by atoms with Gasteiger partial charge in [0.1, 0.15) is 0 Å². The Kier molecular flexibility index (Phi) is 9.82. The molecule has 2 fully saturated rings. The van der Waals surface area contributed by atoms with Crippen molar-refractivity contribution >= 4 is 40.6 Å². The first-order chi connectivity index (χ1) is 18.7. The second-order valence-electron chi connectivity index (χ2n) is 10.5. The van der Waals surface area contributed by atoms with Crippen molar-refractivity contribution in [1.82, 2.24) is 20.4 Å². The number of hydrogen-bond acceptors (Lipinski definition) is 7. The molecular formula is C28H40N6O4S. The molecule has 5 N–H and O–H groups in total. The van der Waals surface area contributed by atoms with Gasteiger partial charge in [-0.15, -0.1) is 0 Å². The molecule has 1 aromatic rings. The Morgan fingerprint density at radius 3 is 2.26 bits per heavy atom. The van der Waals surface area contributed by atoms with Crippen molar-refractivity contribution < 1.29 is 19.8 Å². The third-order valence-corrected chi connectivity index (χ3v) is 7.98. The molecule has 0 aromatic heterocycles. The number of allylic oxidation sites excluding steroid dienone is 2. The van der Waals surface area contributed by atoms with Crippen molar-refractivity contribution in [2.24, 2.45) is 0 Å². The zero-order chi connectivity index (χ0) is 27.9. The molecule has 10 nitrogen and oxygen atoms in total. The summed E-state index contributed by atoms with van der Waals surface area (Å²) in [5.41, 5.74) is 1.47. The fourth-order valence-electron chi connectivity index (χ4n) is 5.82. The van der Waals surface area contributed by atoms with Gasteiger partial charge in [0.2, 0.25) is 0 Å². The number of aliphatic carboxylic acids is 2. The third kappa shape index (κ3) is 7.28. The van der Waals surface area contributed by atoms with E-state index in [0.717, 1.165) is 51.7 Å². The number of nitrogens with zero attached hydrogens (tertiary/aromatic N) is 3. The fraction of sp³-hybridized carbons (Fsp3) is 0.536. The van der Waals surface area contributed by atoms with Gasteiger partial charge >= 0.3 is 11.9 Å². The van der Waals surface area contributed by atoms with Crippen LogP contribution in [0.2, 0.25) is 0 Å². The Labute approximate surface area is 235 Å². The van der Waals surface area contributed by atoms with Crippen molar-refractivity contribution in [2.45, 2.75) is 58.4 Å². The quantitative estimate of drug-likeness (QED) is 0.227. The molecule has 1 aliphatic carbocycles. The van der Waals surface area contributed by atoms with Crippen molar-refractivity contribution in [2.75, 3.05) is 49.5 Å². The van der Waals surface area contributed by atoms with Gasteiger partial charge < -0.3 is 31.1 Å². The van der Waals surface area contributed by atoms with Gasteiger partial charge in [-0.1, -0.05) is 25.3 Å². The van der Waals surface area contributed by atoms with E-state index in [4.69, 9.17) is 12.2 Å². The number of thiocarbonyl (C=S) groups is 1. The molecule has 1 aromatic carbocycles. The van der Waals surface area contributed by atoms with Crippen LogP contribution in [0, 0.1) is 0 Å². The Morgan fingerprint density at radius 1 is 1.00 bits per heavy atom. The molecule has 2 aliphatic heterocycles. The normalized spacial score (nSPS) is 19.6. The van der Waals surface area contributed by atoms with Crippen molar-refractivity contribution in [3.8, 4) is 0 Å². The van der Waals surface area contributed by atoms with Gasteiger partial charge in [-0.05, 0) is 70.1 Å². The first kappa shape index (κ1) is 28.8. The molecule has 4 rings (SSSR count). The molecule has 0 atom stereocenters. The van der Waals surface area contributed by atoms with E-state index >= 15 is 0 Å². The molecule has 0 bridgehead atoms. The van der Waals surface area contributed by atoms with Crippen molar-refractivity contribution in [3.63, 3.8) is 0 Å². The molecule has 39 heavy (non-hydrogen) atoms. The Morgan fingerprint density at radius 2 is 1.64 bits per heavy atom. The molecule has 0 radical (unpaired) electrons. The highest BCUT2D eigenvalue weighted by Crippen LogP contribution is 2.32. The van der Waals surface area contributed by atoms with Crippen molar-refractivity contribution in [1.29, 1.82) is 0 Å². The molecule has 0 spiro atoms. The first-order valence-electron chi connectivity index (χ1n) is 13.8. The number of carboxylic acids is 2. The summed E-state index contributed by atoms with van der Waals surface area (Å²) in [5, 5.41) is 29.4. The van der Waals surface area contributed by atoms with Crippen LogP contribution in [0.4, 0.5) is 11.4 Å². The summed E-state index contributed by atoms with van der Waals surface area (Å²) in [5.74, 6) is -2.45. The van der Waals surface area contributed by atoms with E-state index < -0.39 is 11.9 Å². The van der Waals surface area contributed by atoms with E-state index in [2.05, 4.69) is 25.8 Å². The standard InChI is InChI=1S/C28H40N6O4S/c1-19-24(26(35)36)34(25(27(37)38)20(2)30-19)23-11-6-8-21(18-23)31-28(39)29-12-7-13-32-14-16-33(17-15-32)22-9-4-3-5-10-22/h6,8,11,18,22,30H,3-5,7,9-10,12-17H2,1-2H3,(H,35,36)(H,37,38)(H2,29,31,39). The average Bonchev–Trinajstić information content (AvgIpc) is 2.91. The fourth-order valence-corrected chi connectivity index (χ4v) is 6.04. The predicted molar refractivity (Wildman–Crippen MR) is 156 cm³/mol. The lowest BCUT2D eigenvalue weighted by Gasteiger charge is -2.40. The maximum Gasteiger partial charge on any atom is 0.354 e. The van der Waals surface area contributed by atoms with Gasteiger partial charge in [0.05, 0.1) is 0 Å². The molecule has 0 amide bonds. The summed E-state index contributed by atoms with van der Waals surface area (Å²) in [7, 11) is 0. The van der Waals surface area contributed by atoms with Gasteiger partial charge in [-0.2, -0.15) is 0 Å². The maximum absolute atomic E-state index is 12.0. The van der Waals surface area contributed by atoms with E-state index in [1.54, 1.807) is 38.1 Å². The number of benzene rings is 1. The van der Waals surface area contributed by atoms with Gasteiger partial charge in [0, 0.05) is 61.5 Å². The summed E-state index contributed by atoms with van der Waals surface area (Å²) in [6, 6.07) is 7.70. The number of hydrogen-bond donors (Lipinski definition) is 5. The third-order valence-electron chi connectivity index (χ3n) is 7.73. The zero-order valence-corrected chi connectivity index (χ0v) is 23.6. The largest absolute Gasteiger partial charge is 0.477 e. The van der Waals surface area contributed by atoms with E-state index in [9.17, 15) is 19.8 Å². The summed E-state index contributed by atoms with van der Waals surface area (Å²) >= 11 is 5.49. The number of carboxylic acid groups (broad SMARTS) is 2. The first-order valence-corrected chi connectivity index (χ1v) is 14.2. The van der Waals surface area contributed by atoms with E-state index in [0.29, 0.717) is 27.9 Å². The monoisotopic (exact) mass is 556 g/mol. The summed E-state index contributed by atoms with van der Waals surface area (Å²) in [4.78, 5) is 30.5. The summed E-state index contributed by atoms with van der Waals surface area (Å²) in [6.07, 6.45) is 7.86. The lowest BCUT2D eigenvalue weighted by Crippen LogP contribution is -2.51. The van der Waals surface area contributed by atoms with E-state index in [1.807, 2.05) is 0 Å². The number of rotatable bonds is 9. The number of carbonyl (C=O) groups is 2.